The standard InChI is InChI=1S/C26H26ClNO4/c1-26(2,3)32-25(30)28(13-14-31-22(29)15-27)16-20-10-9-19-8-7-17-5-4-6-18-11-12-21(20)24(19)23(17)18/h4-12H,13-16H2,1-3H3. The molecule has 0 fully saturated rings. The Balaban J connectivity index is 1.71. The van der Waals surface area contributed by atoms with E-state index in [2.05, 4.69) is 48.5 Å². The molecule has 0 unspecified atom stereocenters. The number of hydrogen-bond donors (Lipinski definition) is 0. The number of amides is 1. The molecule has 0 aromatic heterocycles. The highest BCUT2D eigenvalue weighted by atomic mass is 35.5. The van der Waals surface area contributed by atoms with E-state index in [9.17, 15) is 9.59 Å². The van der Waals surface area contributed by atoms with E-state index in [1.54, 1.807) is 4.90 Å². The number of halogens is 1. The summed E-state index contributed by atoms with van der Waals surface area (Å²) in [6.45, 7) is 6.07. The van der Waals surface area contributed by atoms with E-state index in [0.717, 1.165) is 16.3 Å². The normalized spacial score (nSPS) is 11.9. The van der Waals surface area contributed by atoms with Crippen molar-refractivity contribution < 1.29 is 19.1 Å². The van der Waals surface area contributed by atoms with Crippen molar-refractivity contribution in [2.24, 2.45) is 0 Å². The number of carbonyl (C=O) groups is 2. The van der Waals surface area contributed by atoms with E-state index in [4.69, 9.17) is 21.1 Å². The first kappa shape index (κ1) is 22.2. The molecule has 0 heterocycles. The minimum atomic E-state index is -0.634. The summed E-state index contributed by atoms with van der Waals surface area (Å²) in [4.78, 5) is 25.9. The summed E-state index contributed by atoms with van der Waals surface area (Å²) in [6.07, 6.45) is -0.454. The molecule has 0 bridgehead atoms. The maximum atomic E-state index is 12.9. The van der Waals surface area contributed by atoms with Crippen LogP contribution in [0.2, 0.25) is 0 Å². The van der Waals surface area contributed by atoms with Gasteiger partial charge >= 0.3 is 12.1 Å². The van der Waals surface area contributed by atoms with Gasteiger partial charge in [0.25, 0.3) is 0 Å². The summed E-state index contributed by atoms with van der Waals surface area (Å²) in [7, 11) is 0. The molecule has 0 N–H and O–H groups in total. The van der Waals surface area contributed by atoms with Gasteiger partial charge in [0.05, 0.1) is 6.54 Å². The molecule has 0 spiro atoms. The largest absolute Gasteiger partial charge is 0.463 e. The van der Waals surface area contributed by atoms with Crippen LogP contribution in [0.25, 0.3) is 32.3 Å². The monoisotopic (exact) mass is 451 g/mol. The number of benzene rings is 4. The van der Waals surface area contributed by atoms with Crippen molar-refractivity contribution >= 4 is 56.0 Å². The van der Waals surface area contributed by atoms with Gasteiger partial charge in [-0.1, -0.05) is 54.6 Å². The zero-order valence-electron chi connectivity index (χ0n) is 18.5. The van der Waals surface area contributed by atoms with Crippen LogP contribution in [0.1, 0.15) is 26.3 Å². The molecule has 4 aromatic carbocycles. The van der Waals surface area contributed by atoms with Gasteiger partial charge in [-0.3, -0.25) is 4.79 Å². The third kappa shape index (κ3) is 4.58. The number of alkyl halides is 1. The maximum Gasteiger partial charge on any atom is 0.410 e. The Labute approximate surface area is 192 Å². The van der Waals surface area contributed by atoms with Gasteiger partial charge < -0.3 is 14.4 Å². The first-order valence-corrected chi connectivity index (χ1v) is 11.2. The van der Waals surface area contributed by atoms with E-state index in [0.29, 0.717) is 6.54 Å². The third-order valence-corrected chi connectivity index (χ3v) is 5.58. The first-order chi connectivity index (χ1) is 15.3. The first-order valence-electron chi connectivity index (χ1n) is 10.6. The van der Waals surface area contributed by atoms with E-state index >= 15 is 0 Å². The molecule has 6 heteroatoms. The molecule has 0 atom stereocenters. The molecule has 0 aliphatic rings. The zero-order chi connectivity index (χ0) is 22.9. The summed E-state index contributed by atoms with van der Waals surface area (Å²) in [5.74, 6) is -0.736. The lowest BCUT2D eigenvalue weighted by Crippen LogP contribution is -2.38. The molecular weight excluding hydrogens is 426 g/mol. The highest BCUT2D eigenvalue weighted by Gasteiger charge is 2.23. The van der Waals surface area contributed by atoms with Gasteiger partial charge in [-0.25, -0.2) is 4.79 Å². The molecular formula is C26H26ClNO4. The van der Waals surface area contributed by atoms with Crippen LogP contribution in [-0.2, 0) is 20.8 Å². The number of ether oxygens (including phenoxy) is 2. The topological polar surface area (TPSA) is 55.8 Å². The number of hydrogen-bond acceptors (Lipinski definition) is 4. The Kier molecular flexibility index (Phi) is 6.11. The second-order valence-electron chi connectivity index (χ2n) is 8.84. The van der Waals surface area contributed by atoms with Crippen LogP contribution in [-0.4, -0.2) is 41.6 Å². The van der Waals surface area contributed by atoms with E-state index in [-0.39, 0.29) is 19.0 Å². The predicted octanol–water partition coefficient (Wildman–Crippen LogP) is 6.10. The zero-order valence-corrected chi connectivity index (χ0v) is 19.2. The van der Waals surface area contributed by atoms with E-state index in [1.807, 2.05) is 26.8 Å². The van der Waals surface area contributed by atoms with Crippen LogP contribution in [0.4, 0.5) is 4.79 Å². The second-order valence-corrected chi connectivity index (χ2v) is 9.10. The maximum absolute atomic E-state index is 12.9. The smallest absolute Gasteiger partial charge is 0.410 e. The predicted molar refractivity (Wildman–Crippen MR) is 128 cm³/mol. The fraction of sp³-hybridized carbons (Fsp3) is 0.308. The van der Waals surface area contributed by atoms with Crippen molar-refractivity contribution in [3.8, 4) is 0 Å². The van der Waals surface area contributed by atoms with Crippen LogP contribution >= 0.6 is 11.6 Å². The highest BCUT2D eigenvalue weighted by molar-refractivity contribution is 6.26. The molecule has 0 aliphatic carbocycles. The lowest BCUT2D eigenvalue weighted by molar-refractivity contribution is -0.141. The van der Waals surface area contributed by atoms with Crippen LogP contribution in [0.5, 0.6) is 0 Å². The quantitative estimate of drug-likeness (QED) is 0.202. The minimum Gasteiger partial charge on any atom is -0.463 e. The molecule has 32 heavy (non-hydrogen) atoms. The third-order valence-electron chi connectivity index (χ3n) is 5.37. The van der Waals surface area contributed by atoms with Gasteiger partial charge in [-0.05, 0) is 58.7 Å². The van der Waals surface area contributed by atoms with Crippen molar-refractivity contribution in [2.45, 2.75) is 32.9 Å². The molecule has 166 valence electrons. The minimum absolute atomic E-state index is 0.0522. The van der Waals surface area contributed by atoms with Crippen molar-refractivity contribution in [1.29, 1.82) is 0 Å². The van der Waals surface area contributed by atoms with E-state index in [1.165, 1.54) is 21.5 Å². The van der Waals surface area contributed by atoms with Gasteiger partial charge in [0.1, 0.15) is 18.1 Å². The van der Waals surface area contributed by atoms with Gasteiger partial charge in [-0.15, -0.1) is 11.6 Å². The SMILES string of the molecule is CC(C)(C)OC(=O)N(CCOC(=O)CCl)Cc1ccc2ccc3cccc4ccc1c2c34. The van der Waals surface area contributed by atoms with Crippen molar-refractivity contribution in [1.82, 2.24) is 4.90 Å². The van der Waals surface area contributed by atoms with Gasteiger partial charge in [0.2, 0.25) is 0 Å². The second kappa shape index (κ2) is 8.83. The lowest BCUT2D eigenvalue weighted by Gasteiger charge is -2.28. The highest BCUT2D eigenvalue weighted by Crippen LogP contribution is 2.36. The lowest BCUT2D eigenvalue weighted by atomic mass is 9.92. The average molecular weight is 452 g/mol. The number of carbonyl (C=O) groups excluding carboxylic acids is 2. The van der Waals surface area contributed by atoms with Crippen molar-refractivity contribution in [2.75, 3.05) is 19.0 Å². The van der Waals surface area contributed by atoms with Crippen LogP contribution < -0.4 is 0 Å². The Hall–Kier alpha value is -3.05. The number of rotatable bonds is 6. The average Bonchev–Trinajstić information content (AvgIpc) is 2.76. The summed E-state index contributed by atoms with van der Waals surface area (Å²) in [5.41, 5.74) is 0.371. The van der Waals surface area contributed by atoms with Crippen LogP contribution in [0, 0.1) is 0 Å². The molecule has 1 amide bonds. The molecule has 0 saturated heterocycles. The Bertz CT molecular complexity index is 1260. The molecule has 0 saturated carbocycles. The molecule has 5 nitrogen and oxygen atoms in total. The molecule has 0 radical (unpaired) electrons. The van der Waals surface area contributed by atoms with Crippen molar-refractivity contribution in [3.05, 3.63) is 60.2 Å². The fourth-order valence-corrected chi connectivity index (χ4v) is 4.09. The summed E-state index contributed by atoms with van der Waals surface area (Å²) in [6, 6.07) is 18.9. The number of esters is 1. The Morgan fingerprint density at radius 2 is 1.53 bits per heavy atom. The fourth-order valence-electron chi connectivity index (χ4n) is 4.01. The number of nitrogens with zero attached hydrogens (tertiary/aromatic N) is 1. The van der Waals surface area contributed by atoms with Crippen LogP contribution in [0.3, 0.4) is 0 Å². The Morgan fingerprint density at radius 3 is 2.19 bits per heavy atom. The summed E-state index contributed by atoms with van der Waals surface area (Å²) in [5, 5.41) is 7.05. The van der Waals surface area contributed by atoms with Crippen LogP contribution in [0.15, 0.2) is 54.6 Å². The summed E-state index contributed by atoms with van der Waals surface area (Å²) < 4.78 is 10.7. The molecule has 0 aliphatic heterocycles. The van der Waals surface area contributed by atoms with E-state index < -0.39 is 17.7 Å². The Morgan fingerprint density at radius 1 is 0.906 bits per heavy atom. The van der Waals surface area contributed by atoms with Gasteiger partial charge in [-0.2, -0.15) is 0 Å². The molecule has 4 aromatic rings. The van der Waals surface area contributed by atoms with Gasteiger partial charge in [0, 0.05) is 6.54 Å². The molecule has 4 rings (SSSR count). The van der Waals surface area contributed by atoms with Crippen molar-refractivity contribution in [3.63, 3.8) is 0 Å². The van der Waals surface area contributed by atoms with Gasteiger partial charge in [0.15, 0.2) is 0 Å². The summed E-state index contributed by atoms with van der Waals surface area (Å²) >= 11 is 5.51.